The minimum atomic E-state index is -0.682. The van der Waals surface area contributed by atoms with Gasteiger partial charge in [0.25, 0.3) is 0 Å². The van der Waals surface area contributed by atoms with Crippen LogP contribution in [0.15, 0.2) is 60.8 Å². The number of aryl methyl sites for hydroxylation is 1. The molecule has 2 N–H and O–H groups in total. The van der Waals surface area contributed by atoms with E-state index in [4.69, 9.17) is 29.7 Å². The fourth-order valence-corrected chi connectivity index (χ4v) is 4.73. The normalized spacial score (nSPS) is 14.5. The summed E-state index contributed by atoms with van der Waals surface area (Å²) in [5.41, 5.74) is 10.2. The van der Waals surface area contributed by atoms with Gasteiger partial charge in [0.1, 0.15) is 5.82 Å². The zero-order valence-electron chi connectivity index (χ0n) is 22.0. The Morgan fingerprint density at radius 2 is 1.76 bits per heavy atom. The highest BCUT2D eigenvalue weighted by molar-refractivity contribution is 5.86. The van der Waals surface area contributed by atoms with Crippen LogP contribution in [-0.2, 0) is 28.2 Å². The molecule has 1 aliphatic heterocycles. The molecule has 1 saturated heterocycles. The first-order valence-electron chi connectivity index (χ1n) is 12.7. The fraction of sp³-hybridized carbons (Fsp3) is 0.345. The third-order valence-electron chi connectivity index (χ3n) is 6.78. The molecule has 3 heterocycles. The lowest BCUT2D eigenvalue weighted by Gasteiger charge is -2.25. The van der Waals surface area contributed by atoms with Gasteiger partial charge in [-0.2, -0.15) is 9.97 Å². The maximum absolute atomic E-state index is 6.30. The van der Waals surface area contributed by atoms with Gasteiger partial charge in [-0.15, -0.1) is 0 Å². The second-order valence-corrected chi connectivity index (χ2v) is 9.34. The minimum absolute atomic E-state index is 0.410. The third-order valence-corrected chi connectivity index (χ3v) is 6.78. The summed E-state index contributed by atoms with van der Waals surface area (Å²) in [4.78, 5) is 15.9. The summed E-state index contributed by atoms with van der Waals surface area (Å²) in [6.07, 6.45) is 3.45. The summed E-state index contributed by atoms with van der Waals surface area (Å²) in [7, 11) is 3.26. The van der Waals surface area contributed by atoms with Crippen molar-refractivity contribution in [2.75, 3.05) is 44.6 Å². The van der Waals surface area contributed by atoms with Gasteiger partial charge in [0.2, 0.25) is 5.95 Å². The lowest BCUT2D eigenvalue weighted by molar-refractivity contribution is -0.149. The van der Waals surface area contributed by atoms with E-state index >= 15 is 0 Å². The first kappa shape index (κ1) is 25.7. The van der Waals surface area contributed by atoms with E-state index in [-0.39, 0.29) is 0 Å². The van der Waals surface area contributed by atoms with Crippen LogP contribution < -0.4 is 20.1 Å². The second kappa shape index (κ2) is 11.2. The van der Waals surface area contributed by atoms with Crippen molar-refractivity contribution in [3.63, 3.8) is 0 Å². The van der Waals surface area contributed by atoms with Crippen LogP contribution >= 0.6 is 0 Å². The molecule has 0 aliphatic carbocycles. The van der Waals surface area contributed by atoms with Crippen molar-refractivity contribution in [3.8, 4) is 11.5 Å². The molecule has 2 aromatic heterocycles. The molecule has 0 amide bonds. The molecule has 4 aromatic rings. The van der Waals surface area contributed by atoms with E-state index < -0.39 is 5.79 Å². The number of hydrogen-bond acceptors (Lipinski definition) is 9. The topological polar surface area (TPSA) is 105 Å². The molecule has 38 heavy (non-hydrogen) atoms. The van der Waals surface area contributed by atoms with Crippen molar-refractivity contribution in [3.05, 3.63) is 77.5 Å². The van der Waals surface area contributed by atoms with Gasteiger partial charge in [-0.1, -0.05) is 30.3 Å². The van der Waals surface area contributed by atoms with Gasteiger partial charge in [0.15, 0.2) is 22.9 Å². The average molecular weight is 516 g/mol. The SMILES string of the molecule is COc1ccc(CN(CCCc2cccc(C3(C)OCCO3)c2)c2nc(N)c3cccnc3n2)cc1OC. The van der Waals surface area contributed by atoms with Crippen LogP contribution in [0.3, 0.4) is 0 Å². The lowest BCUT2D eigenvalue weighted by Crippen LogP contribution is -2.27. The molecule has 0 spiro atoms. The number of ether oxygens (including phenoxy) is 4. The number of rotatable bonds is 10. The fourth-order valence-electron chi connectivity index (χ4n) is 4.73. The van der Waals surface area contributed by atoms with Crippen LogP contribution in [0, 0.1) is 0 Å². The quantitative estimate of drug-likeness (QED) is 0.327. The Hall–Kier alpha value is -3.95. The first-order chi connectivity index (χ1) is 18.5. The molecule has 9 heteroatoms. The molecule has 1 aliphatic rings. The predicted molar refractivity (Wildman–Crippen MR) is 146 cm³/mol. The molecule has 198 valence electrons. The maximum atomic E-state index is 6.30. The van der Waals surface area contributed by atoms with Gasteiger partial charge >= 0.3 is 0 Å². The number of benzene rings is 2. The summed E-state index contributed by atoms with van der Waals surface area (Å²) in [5, 5.41) is 0.740. The molecule has 9 nitrogen and oxygen atoms in total. The van der Waals surface area contributed by atoms with Crippen molar-refractivity contribution in [2.24, 2.45) is 0 Å². The zero-order chi connectivity index (χ0) is 26.5. The smallest absolute Gasteiger partial charge is 0.229 e. The summed E-state index contributed by atoms with van der Waals surface area (Å²) in [5.74, 6) is 1.62. The van der Waals surface area contributed by atoms with E-state index in [1.165, 1.54) is 5.56 Å². The molecule has 0 unspecified atom stereocenters. The average Bonchev–Trinajstić information content (AvgIpc) is 3.40. The van der Waals surface area contributed by atoms with E-state index in [1.54, 1.807) is 20.4 Å². The van der Waals surface area contributed by atoms with Crippen LogP contribution in [0.2, 0.25) is 0 Å². The Labute approximate surface area is 222 Å². The summed E-state index contributed by atoms with van der Waals surface area (Å²) in [6, 6.07) is 18.0. The highest BCUT2D eigenvalue weighted by Gasteiger charge is 2.33. The Balaban J connectivity index is 1.38. The zero-order valence-corrected chi connectivity index (χ0v) is 22.0. The van der Waals surface area contributed by atoms with Gasteiger partial charge in [0, 0.05) is 24.8 Å². The monoisotopic (exact) mass is 515 g/mol. The molecule has 0 bridgehead atoms. The number of aromatic nitrogens is 3. The number of hydrogen-bond donors (Lipinski definition) is 1. The summed E-state index contributed by atoms with van der Waals surface area (Å²) in [6.45, 7) is 4.46. The summed E-state index contributed by atoms with van der Waals surface area (Å²) < 4.78 is 22.6. The van der Waals surface area contributed by atoms with Crippen molar-refractivity contribution < 1.29 is 18.9 Å². The number of pyridine rings is 1. The van der Waals surface area contributed by atoms with Crippen molar-refractivity contribution in [1.82, 2.24) is 15.0 Å². The van der Waals surface area contributed by atoms with E-state index in [0.29, 0.717) is 55.2 Å². The second-order valence-electron chi connectivity index (χ2n) is 9.34. The molecule has 0 atom stereocenters. The van der Waals surface area contributed by atoms with Crippen LogP contribution in [0.1, 0.15) is 30.0 Å². The van der Waals surface area contributed by atoms with Crippen molar-refractivity contribution >= 4 is 22.8 Å². The molecule has 0 saturated carbocycles. The number of nitrogens with zero attached hydrogens (tertiary/aromatic N) is 4. The summed E-state index contributed by atoms with van der Waals surface area (Å²) >= 11 is 0. The molecule has 0 radical (unpaired) electrons. The molecule has 5 rings (SSSR count). The van der Waals surface area contributed by atoms with Crippen molar-refractivity contribution in [1.29, 1.82) is 0 Å². The number of nitrogen functional groups attached to an aromatic ring is 1. The lowest BCUT2D eigenvalue weighted by atomic mass is 10.0. The number of anilines is 2. The Kier molecular flexibility index (Phi) is 7.57. The molecule has 2 aromatic carbocycles. The number of fused-ring (bicyclic) bond motifs is 1. The molecular weight excluding hydrogens is 482 g/mol. The van der Waals surface area contributed by atoms with Gasteiger partial charge in [-0.3, -0.25) is 0 Å². The third kappa shape index (κ3) is 5.49. The van der Waals surface area contributed by atoms with Gasteiger partial charge in [-0.05, 0) is 55.2 Å². The Morgan fingerprint density at radius 1 is 0.947 bits per heavy atom. The Bertz CT molecular complexity index is 1410. The van der Waals surface area contributed by atoms with Gasteiger partial charge in [-0.25, -0.2) is 4.98 Å². The molecular formula is C29H33N5O4. The predicted octanol–water partition coefficient (Wildman–Crippen LogP) is 4.48. The van der Waals surface area contributed by atoms with Crippen molar-refractivity contribution in [2.45, 2.75) is 32.1 Å². The van der Waals surface area contributed by atoms with E-state index in [2.05, 4.69) is 39.1 Å². The van der Waals surface area contributed by atoms with Gasteiger partial charge < -0.3 is 29.6 Å². The highest BCUT2D eigenvalue weighted by Crippen LogP contribution is 2.32. The molecule has 1 fully saturated rings. The van der Waals surface area contributed by atoms with E-state index in [9.17, 15) is 0 Å². The van der Waals surface area contributed by atoms with Gasteiger partial charge in [0.05, 0.1) is 32.8 Å². The highest BCUT2D eigenvalue weighted by atomic mass is 16.7. The van der Waals surface area contributed by atoms with E-state index in [1.807, 2.05) is 37.3 Å². The maximum Gasteiger partial charge on any atom is 0.229 e. The van der Waals surface area contributed by atoms with Crippen LogP contribution in [0.4, 0.5) is 11.8 Å². The minimum Gasteiger partial charge on any atom is -0.493 e. The van der Waals surface area contributed by atoms with E-state index in [0.717, 1.165) is 29.4 Å². The standard InChI is InChI=1S/C29H33N5O4/c1-29(37-15-16-38-29)22-9-4-7-20(17-22)8-6-14-34(19-21-11-12-24(35-2)25(18-21)36-3)28-32-26(30)23-10-5-13-31-27(23)33-28/h4-5,7,9-13,17-18H,6,8,14-16,19H2,1-3H3,(H2,30,31,32,33). The van der Waals surface area contributed by atoms with Crippen LogP contribution in [0.5, 0.6) is 11.5 Å². The Morgan fingerprint density at radius 3 is 2.55 bits per heavy atom. The van der Waals surface area contributed by atoms with Crippen LogP contribution in [0.25, 0.3) is 11.0 Å². The van der Waals surface area contributed by atoms with Crippen LogP contribution in [-0.4, -0.2) is 48.9 Å². The first-order valence-corrected chi connectivity index (χ1v) is 12.7. The number of nitrogens with two attached hydrogens (primary N) is 1. The number of methoxy groups -OCH3 is 2. The largest absolute Gasteiger partial charge is 0.493 e.